The number of piperidine rings is 2. The zero-order valence-corrected chi connectivity index (χ0v) is 11.2. The normalized spacial score (nSPS) is 32.4. The maximum absolute atomic E-state index is 12.5. The molecule has 3 rings (SSSR count). The molecule has 2 aliphatic heterocycles. The fourth-order valence-electron chi connectivity index (χ4n) is 3.62. The van der Waals surface area contributed by atoms with Gasteiger partial charge in [0.05, 0.1) is 0 Å². The number of rotatable bonds is 2. The van der Waals surface area contributed by atoms with Crippen LogP contribution >= 0.6 is 0 Å². The molecular formula is C14H21N3O. The Labute approximate surface area is 108 Å². The Morgan fingerprint density at radius 3 is 2.50 bits per heavy atom. The van der Waals surface area contributed by atoms with E-state index < -0.39 is 0 Å². The zero-order valence-electron chi connectivity index (χ0n) is 11.2. The lowest BCUT2D eigenvalue weighted by atomic mass is 9.77. The van der Waals surface area contributed by atoms with Crippen molar-refractivity contribution < 1.29 is 4.79 Å². The van der Waals surface area contributed by atoms with Gasteiger partial charge in [0.1, 0.15) is 0 Å². The maximum atomic E-state index is 12.5. The first-order chi connectivity index (χ1) is 8.66. The number of carbonyl (C=O) groups excluding carboxylic acids is 1. The molecule has 0 saturated carbocycles. The predicted molar refractivity (Wildman–Crippen MR) is 69.5 cm³/mol. The third kappa shape index (κ3) is 1.88. The zero-order chi connectivity index (χ0) is 12.7. The van der Waals surface area contributed by atoms with Crippen LogP contribution in [0.3, 0.4) is 0 Å². The molecule has 1 aromatic heterocycles. The molecule has 2 fully saturated rings. The monoisotopic (exact) mass is 247 g/mol. The Morgan fingerprint density at radius 1 is 1.28 bits per heavy atom. The quantitative estimate of drug-likeness (QED) is 0.749. The molecule has 0 radical (unpaired) electrons. The number of ketones is 1. The molecule has 2 unspecified atom stereocenters. The highest BCUT2D eigenvalue weighted by Crippen LogP contribution is 2.36. The first kappa shape index (κ1) is 11.9. The Morgan fingerprint density at radius 2 is 1.94 bits per heavy atom. The fourth-order valence-corrected chi connectivity index (χ4v) is 3.62. The van der Waals surface area contributed by atoms with E-state index in [-0.39, 0.29) is 11.7 Å². The Balaban J connectivity index is 1.78. The summed E-state index contributed by atoms with van der Waals surface area (Å²) in [7, 11) is 4.12. The second-order valence-corrected chi connectivity index (χ2v) is 5.80. The lowest BCUT2D eigenvalue weighted by Gasteiger charge is -2.46. The van der Waals surface area contributed by atoms with Gasteiger partial charge in [-0.05, 0) is 32.7 Å². The van der Waals surface area contributed by atoms with Crippen LogP contribution in [-0.4, -0.2) is 39.4 Å². The van der Waals surface area contributed by atoms with Crippen LogP contribution in [0, 0.1) is 5.92 Å². The average Bonchev–Trinajstić information content (AvgIpc) is 2.74. The summed E-state index contributed by atoms with van der Waals surface area (Å²) in [5, 5.41) is 0. The first-order valence-corrected chi connectivity index (χ1v) is 6.90. The van der Waals surface area contributed by atoms with Crippen molar-refractivity contribution in [2.75, 3.05) is 7.05 Å². The molecular weight excluding hydrogens is 226 g/mol. The highest BCUT2D eigenvalue weighted by atomic mass is 16.1. The van der Waals surface area contributed by atoms with Gasteiger partial charge in [-0.1, -0.05) is 6.42 Å². The minimum absolute atomic E-state index is 0.178. The van der Waals surface area contributed by atoms with E-state index in [0.717, 1.165) is 12.8 Å². The molecule has 2 aliphatic rings. The summed E-state index contributed by atoms with van der Waals surface area (Å²) in [5.41, 5.74) is 0. The molecule has 2 atom stereocenters. The second kappa shape index (κ2) is 4.50. The molecule has 0 N–H and O–H groups in total. The topological polar surface area (TPSA) is 38.1 Å². The molecule has 1 aromatic rings. The van der Waals surface area contributed by atoms with Gasteiger partial charge < -0.3 is 9.47 Å². The Hall–Kier alpha value is -1.16. The van der Waals surface area contributed by atoms with Gasteiger partial charge in [-0.2, -0.15) is 0 Å². The van der Waals surface area contributed by atoms with E-state index >= 15 is 0 Å². The summed E-state index contributed by atoms with van der Waals surface area (Å²) in [6.07, 6.45) is 9.40. The van der Waals surface area contributed by atoms with E-state index in [1.807, 2.05) is 17.8 Å². The SMILES string of the molecule is CN1C2CCCC1CC(C(=O)c1nccn1C)C2. The van der Waals surface area contributed by atoms with Crippen molar-refractivity contribution in [1.29, 1.82) is 0 Å². The van der Waals surface area contributed by atoms with Crippen LogP contribution in [0.15, 0.2) is 12.4 Å². The summed E-state index contributed by atoms with van der Waals surface area (Å²) in [5.74, 6) is 1.05. The minimum atomic E-state index is 0.178. The Bertz CT molecular complexity index is 440. The number of aryl methyl sites for hydroxylation is 1. The van der Waals surface area contributed by atoms with Crippen LogP contribution in [-0.2, 0) is 7.05 Å². The molecule has 0 aromatic carbocycles. The van der Waals surface area contributed by atoms with Crippen LogP contribution in [0.25, 0.3) is 0 Å². The number of fused-ring (bicyclic) bond motifs is 2. The molecule has 2 bridgehead atoms. The van der Waals surface area contributed by atoms with Gasteiger partial charge in [0, 0.05) is 37.4 Å². The van der Waals surface area contributed by atoms with E-state index in [4.69, 9.17) is 0 Å². The molecule has 98 valence electrons. The van der Waals surface area contributed by atoms with Crippen molar-refractivity contribution in [3.05, 3.63) is 18.2 Å². The van der Waals surface area contributed by atoms with Crippen molar-refractivity contribution in [3.8, 4) is 0 Å². The summed E-state index contributed by atoms with van der Waals surface area (Å²) in [4.78, 5) is 19.2. The number of hydrogen-bond donors (Lipinski definition) is 0. The number of aromatic nitrogens is 2. The summed E-state index contributed by atoms with van der Waals surface area (Å²) in [6.45, 7) is 0. The van der Waals surface area contributed by atoms with Gasteiger partial charge in [-0.3, -0.25) is 4.79 Å². The first-order valence-electron chi connectivity index (χ1n) is 6.90. The van der Waals surface area contributed by atoms with E-state index in [1.165, 1.54) is 19.3 Å². The molecule has 18 heavy (non-hydrogen) atoms. The van der Waals surface area contributed by atoms with E-state index in [1.54, 1.807) is 6.20 Å². The van der Waals surface area contributed by atoms with E-state index in [0.29, 0.717) is 17.9 Å². The van der Waals surface area contributed by atoms with E-state index in [9.17, 15) is 4.79 Å². The number of nitrogens with zero attached hydrogens (tertiary/aromatic N) is 3. The highest BCUT2D eigenvalue weighted by molar-refractivity contribution is 5.94. The standard InChI is InChI=1S/C14H21N3O/c1-16-7-6-15-14(16)13(18)10-8-11-4-3-5-12(9-10)17(11)2/h6-7,10-12H,3-5,8-9H2,1-2H3. The van der Waals surface area contributed by atoms with Crippen molar-refractivity contribution in [1.82, 2.24) is 14.5 Å². The smallest absolute Gasteiger partial charge is 0.201 e. The molecule has 3 heterocycles. The third-order valence-electron chi connectivity index (χ3n) is 4.75. The summed E-state index contributed by atoms with van der Waals surface area (Å²) >= 11 is 0. The maximum Gasteiger partial charge on any atom is 0.201 e. The number of hydrogen-bond acceptors (Lipinski definition) is 3. The molecule has 4 nitrogen and oxygen atoms in total. The van der Waals surface area contributed by atoms with Crippen molar-refractivity contribution in [2.24, 2.45) is 13.0 Å². The molecule has 0 spiro atoms. The van der Waals surface area contributed by atoms with Gasteiger partial charge in [-0.25, -0.2) is 4.98 Å². The lowest BCUT2D eigenvalue weighted by molar-refractivity contribution is 0.0332. The lowest BCUT2D eigenvalue weighted by Crippen LogP contribution is -2.51. The third-order valence-corrected chi connectivity index (χ3v) is 4.75. The van der Waals surface area contributed by atoms with Crippen LogP contribution in [0.4, 0.5) is 0 Å². The van der Waals surface area contributed by atoms with Gasteiger partial charge in [0.2, 0.25) is 5.78 Å². The average molecular weight is 247 g/mol. The number of carbonyl (C=O) groups is 1. The minimum Gasteiger partial charge on any atom is -0.332 e. The predicted octanol–water partition coefficient (Wildman–Crippen LogP) is 1.87. The van der Waals surface area contributed by atoms with Crippen molar-refractivity contribution >= 4 is 5.78 Å². The van der Waals surface area contributed by atoms with Crippen LogP contribution in [0.5, 0.6) is 0 Å². The van der Waals surface area contributed by atoms with Crippen LogP contribution in [0.1, 0.15) is 42.7 Å². The molecule has 2 saturated heterocycles. The van der Waals surface area contributed by atoms with Gasteiger partial charge in [0.25, 0.3) is 0 Å². The largest absolute Gasteiger partial charge is 0.332 e. The fraction of sp³-hybridized carbons (Fsp3) is 0.714. The van der Waals surface area contributed by atoms with Gasteiger partial charge >= 0.3 is 0 Å². The number of imidazole rings is 1. The summed E-state index contributed by atoms with van der Waals surface area (Å²) in [6, 6.07) is 1.21. The van der Waals surface area contributed by atoms with Crippen LogP contribution < -0.4 is 0 Å². The van der Waals surface area contributed by atoms with E-state index in [2.05, 4.69) is 16.9 Å². The highest BCUT2D eigenvalue weighted by Gasteiger charge is 2.39. The molecule has 0 aliphatic carbocycles. The van der Waals surface area contributed by atoms with Gasteiger partial charge in [-0.15, -0.1) is 0 Å². The summed E-state index contributed by atoms with van der Waals surface area (Å²) < 4.78 is 1.84. The molecule has 4 heteroatoms. The number of Topliss-reactive ketones (excluding diaryl/α,β-unsaturated/α-hetero) is 1. The second-order valence-electron chi connectivity index (χ2n) is 5.80. The van der Waals surface area contributed by atoms with Crippen molar-refractivity contribution in [2.45, 2.75) is 44.2 Å². The Kier molecular flexibility index (Phi) is 2.98. The molecule has 0 amide bonds. The van der Waals surface area contributed by atoms with Crippen molar-refractivity contribution in [3.63, 3.8) is 0 Å². The van der Waals surface area contributed by atoms with Gasteiger partial charge in [0.15, 0.2) is 5.82 Å². The van der Waals surface area contributed by atoms with Crippen LogP contribution in [0.2, 0.25) is 0 Å².